The van der Waals surface area contributed by atoms with Crippen molar-refractivity contribution in [2.24, 2.45) is 5.73 Å². The molecule has 3 N–H and O–H groups in total. The predicted octanol–water partition coefficient (Wildman–Crippen LogP) is 2.67. The molecule has 37 heavy (non-hydrogen) atoms. The Morgan fingerprint density at radius 1 is 0.946 bits per heavy atom. The number of esters is 2. The van der Waals surface area contributed by atoms with E-state index >= 15 is 0 Å². The molecule has 9 nitrogen and oxygen atoms in total. The lowest BCUT2D eigenvalue weighted by Gasteiger charge is -2.27. The molecule has 0 radical (unpaired) electrons. The molecule has 0 aliphatic rings. The van der Waals surface area contributed by atoms with Crippen LogP contribution in [0.5, 0.6) is 0 Å². The number of carbonyl (C=O) groups excluding carboxylic acids is 4. The van der Waals surface area contributed by atoms with E-state index in [0.717, 1.165) is 5.56 Å². The van der Waals surface area contributed by atoms with E-state index < -0.39 is 35.8 Å². The molecule has 0 heterocycles. The van der Waals surface area contributed by atoms with Gasteiger partial charge in [-0.05, 0) is 38.0 Å². The third-order valence-electron chi connectivity index (χ3n) is 5.23. The van der Waals surface area contributed by atoms with E-state index in [1.165, 1.54) is 16.7 Å². The van der Waals surface area contributed by atoms with E-state index in [4.69, 9.17) is 15.2 Å². The number of benzene rings is 2. The Morgan fingerprint density at radius 2 is 1.57 bits per heavy atom. The summed E-state index contributed by atoms with van der Waals surface area (Å²) in [7, 11) is 0. The van der Waals surface area contributed by atoms with Crippen LogP contribution >= 0.6 is 11.8 Å². The molecule has 0 saturated carbocycles. The van der Waals surface area contributed by atoms with E-state index in [1.54, 1.807) is 44.2 Å². The summed E-state index contributed by atoms with van der Waals surface area (Å²) in [6.07, 6.45) is 0.0181. The zero-order chi connectivity index (χ0) is 27.0. The predicted molar refractivity (Wildman–Crippen MR) is 144 cm³/mol. The molecular formula is C27H35N3O6S. The first kappa shape index (κ1) is 29.9. The van der Waals surface area contributed by atoms with Crippen molar-refractivity contribution in [1.82, 2.24) is 5.32 Å². The van der Waals surface area contributed by atoms with Crippen molar-refractivity contribution in [3.63, 3.8) is 0 Å². The van der Waals surface area contributed by atoms with Crippen LogP contribution in [0.1, 0.15) is 32.3 Å². The zero-order valence-corrected chi connectivity index (χ0v) is 22.1. The Bertz CT molecular complexity index is 1010. The number of anilines is 1. The maximum absolute atomic E-state index is 13.7. The molecule has 0 aliphatic heterocycles. The molecule has 2 atom stereocenters. The van der Waals surface area contributed by atoms with Gasteiger partial charge in [-0.2, -0.15) is 11.8 Å². The Hall–Kier alpha value is -3.37. The molecule has 2 rings (SSSR count). The summed E-state index contributed by atoms with van der Waals surface area (Å²) in [5.74, 6) is -1.09. The molecule has 2 aromatic carbocycles. The normalized spacial score (nSPS) is 12.2. The maximum Gasteiger partial charge on any atom is 0.326 e. The lowest BCUT2D eigenvalue weighted by Crippen LogP contribution is -2.52. The van der Waals surface area contributed by atoms with Crippen LogP contribution in [0.25, 0.3) is 0 Å². The number of thioether (sulfide) groups is 1. The highest BCUT2D eigenvalue weighted by atomic mass is 32.2. The number of rotatable bonds is 15. The second-order valence-corrected chi connectivity index (χ2v) is 9.11. The van der Waals surface area contributed by atoms with Crippen molar-refractivity contribution in [3.8, 4) is 0 Å². The van der Waals surface area contributed by atoms with E-state index in [0.29, 0.717) is 11.4 Å². The molecule has 0 bridgehead atoms. The first-order chi connectivity index (χ1) is 17.8. The third-order valence-corrected chi connectivity index (χ3v) is 6.33. The topological polar surface area (TPSA) is 128 Å². The maximum atomic E-state index is 13.7. The molecule has 0 spiro atoms. The zero-order valence-electron chi connectivity index (χ0n) is 21.3. The van der Waals surface area contributed by atoms with Gasteiger partial charge in [0.05, 0.1) is 13.2 Å². The lowest BCUT2D eigenvalue weighted by molar-refractivity contribution is -0.145. The number of hydrogen-bond donors (Lipinski definition) is 2. The number of nitrogens with zero attached hydrogens (tertiary/aromatic N) is 1. The van der Waals surface area contributed by atoms with Gasteiger partial charge in [0, 0.05) is 23.6 Å². The van der Waals surface area contributed by atoms with Crippen LogP contribution in [0.15, 0.2) is 60.7 Å². The number of carbonyl (C=O) groups is 4. The Balaban J connectivity index is 2.16. The first-order valence-electron chi connectivity index (χ1n) is 12.2. The van der Waals surface area contributed by atoms with Gasteiger partial charge in [-0.1, -0.05) is 48.5 Å². The van der Waals surface area contributed by atoms with Gasteiger partial charge in [-0.25, -0.2) is 0 Å². The second kappa shape index (κ2) is 16.4. The third kappa shape index (κ3) is 10.6. The number of nitrogens with two attached hydrogens (primary N) is 1. The van der Waals surface area contributed by atoms with Crippen molar-refractivity contribution < 1.29 is 28.7 Å². The molecule has 0 aromatic heterocycles. The molecule has 2 amide bonds. The Morgan fingerprint density at radius 3 is 2.19 bits per heavy atom. The van der Waals surface area contributed by atoms with Crippen LogP contribution in [-0.4, -0.2) is 61.3 Å². The van der Waals surface area contributed by atoms with Crippen molar-refractivity contribution in [2.75, 3.05) is 30.4 Å². The number of ether oxygens (including phenoxy) is 2. The van der Waals surface area contributed by atoms with E-state index in [2.05, 4.69) is 5.32 Å². The fourth-order valence-corrected chi connectivity index (χ4v) is 4.40. The number of amides is 2. The standard InChI is InChI=1S/C27H35N3O6S/c1-3-35-25(32)17-30(21-13-9-6-10-14-21)26(33)23(19-37-18-20-11-7-5-8-12-20)29-24(31)16-15-22(28)27(34)36-4-2/h5-14,22-23H,3-4,15-19,28H2,1-2H3,(H,29,31). The fraction of sp³-hybridized carbons (Fsp3) is 0.407. The van der Waals surface area contributed by atoms with Gasteiger partial charge >= 0.3 is 11.9 Å². The summed E-state index contributed by atoms with van der Waals surface area (Å²) in [6.45, 7) is 3.46. The van der Waals surface area contributed by atoms with E-state index in [1.807, 2.05) is 30.3 Å². The van der Waals surface area contributed by atoms with Gasteiger partial charge in [0.2, 0.25) is 5.91 Å². The summed E-state index contributed by atoms with van der Waals surface area (Å²) < 4.78 is 9.95. The largest absolute Gasteiger partial charge is 0.465 e. The molecule has 2 aromatic rings. The highest BCUT2D eigenvalue weighted by Crippen LogP contribution is 2.18. The van der Waals surface area contributed by atoms with Gasteiger partial charge in [-0.3, -0.25) is 24.1 Å². The monoisotopic (exact) mass is 529 g/mol. The minimum atomic E-state index is -0.933. The van der Waals surface area contributed by atoms with E-state index in [-0.39, 0.29) is 38.4 Å². The molecule has 2 unspecified atom stereocenters. The highest BCUT2D eigenvalue weighted by molar-refractivity contribution is 7.98. The number of para-hydroxylation sites is 1. The molecule has 0 saturated heterocycles. The second-order valence-electron chi connectivity index (χ2n) is 8.08. The van der Waals surface area contributed by atoms with Gasteiger partial charge in [0.15, 0.2) is 0 Å². The summed E-state index contributed by atoms with van der Waals surface area (Å²) >= 11 is 1.49. The van der Waals surface area contributed by atoms with Crippen molar-refractivity contribution >= 4 is 41.2 Å². The average Bonchev–Trinajstić information content (AvgIpc) is 2.90. The molecule has 0 fully saturated rings. The minimum absolute atomic E-state index is 0.0592. The van der Waals surface area contributed by atoms with Crippen LogP contribution in [-0.2, 0) is 34.4 Å². The quantitative estimate of drug-likeness (QED) is 0.337. The van der Waals surface area contributed by atoms with Crippen LogP contribution in [0.2, 0.25) is 0 Å². The molecule has 10 heteroatoms. The summed E-state index contributed by atoms with van der Waals surface area (Å²) in [4.78, 5) is 51.9. The first-order valence-corrected chi connectivity index (χ1v) is 13.4. The molecule has 0 aliphatic carbocycles. The SMILES string of the molecule is CCOC(=O)CN(C(=O)C(CSCc1ccccc1)NC(=O)CCC(N)C(=O)OCC)c1ccccc1. The van der Waals surface area contributed by atoms with Crippen LogP contribution in [0.3, 0.4) is 0 Å². The summed E-state index contributed by atoms with van der Waals surface area (Å²) in [6, 6.07) is 16.7. The molecular weight excluding hydrogens is 494 g/mol. The molecule has 200 valence electrons. The minimum Gasteiger partial charge on any atom is -0.465 e. The number of hydrogen-bond acceptors (Lipinski definition) is 8. The van der Waals surface area contributed by atoms with Crippen molar-refractivity contribution in [2.45, 2.75) is 44.5 Å². The van der Waals surface area contributed by atoms with Gasteiger partial charge < -0.3 is 20.5 Å². The van der Waals surface area contributed by atoms with E-state index in [9.17, 15) is 19.2 Å². The van der Waals surface area contributed by atoms with Gasteiger partial charge in [-0.15, -0.1) is 0 Å². The summed E-state index contributed by atoms with van der Waals surface area (Å²) in [5.41, 5.74) is 7.40. The van der Waals surface area contributed by atoms with Gasteiger partial charge in [0.1, 0.15) is 18.6 Å². The smallest absolute Gasteiger partial charge is 0.326 e. The van der Waals surface area contributed by atoms with Crippen molar-refractivity contribution in [3.05, 3.63) is 66.2 Å². The number of nitrogens with one attached hydrogen (secondary N) is 1. The highest BCUT2D eigenvalue weighted by Gasteiger charge is 2.29. The fourth-order valence-electron chi connectivity index (χ4n) is 3.39. The van der Waals surface area contributed by atoms with Crippen molar-refractivity contribution in [1.29, 1.82) is 0 Å². The lowest BCUT2D eigenvalue weighted by atomic mass is 10.1. The van der Waals surface area contributed by atoms with Crippen LogP contribution in [0.4, 0.5) is 5.69 Å². The Labute approximate surface area is 222 Å². The van der Waals surface area contributed by atoms with Crippen LogP contribution < -0.4 is 16.0 Å². The average molecular weight is 530 g/mol. The summed E-state index contributed by atoms with van der Waals surface area (Å²) in [5, 5.41) is 2.77. The van der Waals surface area contributed by atoms with Crippen LogP contribution in [0, 0.1) is 0 Å². The van der Waals surface area contributed by atoms with Gasteiger partial charge in [0.25, 0.3) is 5.91 Å². The Kier molecular flexibility index (Phi) is 13.2.